The highest BCUT2D eigenvalue weighted by Crippen LogP contribution is 2.38. The van der Waals surface area contributed by atoms with Gasteiger partial charge < -0.3 is 28.5 Å². The van der Waals surface area contributed by atoms with Crippen LogP contribution in [0.5, 0.6) is 0 Å². The topological polar surface area (TPSA) is 114 Å². The average molecular weight is 1040 g/mol. The minimum atomic E-state index is -4.70. The Morgan fingerprint density at radius 3 is 1.44 bits per heavy atom. The van der Waals surface area contributed by atoms with Crippen molar-refractivity contribution in [2.24, 2.45) is 0 Å². The van der Waals surface area contributed by atoms with E-state index < -0.39 is 26.6 Å². The zero-order valence-electron chi connectivity index (χ0n) is 48.3. The predicted octanol–water partition coefficient (Wildman–Crippen LogP) is 17.8. The minimum Gasteiger partial charge on any atom is -0.756 e. The number of phosphoric ester groups is 1. The molecule has 10 heteroatoms. The van der Waals surface area contributed by atoms with Crippen molar-refractivity contribution >= 4 is 19.7 Å². The molecule has 0 aliphatic heterocycles. The number of esters is 1. The summed E-state index contributed by atoms with van der Waals surface area (Å²) in [6, 6.07) is -0.897. The van der Waals surface area contributed by atoms with E-state index in [9.17, 15) is 19.0 Å². The van der Waals surface area contributed by atoms with E-state index in [1.54, 1.807) is 0 Å². The molecule has 0 spiro atoms. The maximum Gasteiger partial charge on any atom is 0.306 e. The van der Waals surface area contributed by atoms with Crippen molar-refractivity contribution in [3.8, 4) is 0 Å². The summed E-state index contributed by atoms with van der Waals surface area (Å²) in [5.74, 6) is -0.557. The fourth-order valence-electron chi connectivity index (χ4n) is 8.49. The van der Waals surface area contributed by atoms with E-state index in [2.05, 4.69) is 86.8 Å². The summed E-state index contributed by atoms with van der Waals surface area (Å²) >= 11 is 0. The summed E-state index contributed by atoms with van der Waals surface area (Å²) in [5.41, 5.74) is 0. The average Bonchev–Trinajstić information content (AvgIpc) is 3.35. The van der Waals surface area contributed by atoms with Crippen molar-refractivity contribution in [2.75, 3.05) is 40.9 Å². The molecule has 9 nitrogen and oxygen atoms in total. The molecule has 1 N–H and O–H groups in total. The molecule has 0 saturated carbocycles. The number of unbranched alkanes of at least 4 members (excludes halogenated alkanes) is 30. The molecule has 0 bridgehead atoms. The van der Waals surface area contributed by atoms with E-state index >= 15 is 0 Å². The van der Waals surface area contributed by atoms with Gasteiger partial charge in [0.25, 0.3) is 7.82 Å². The second kappa shape index (κ2) is 52.9. The quantitative estimate of drug-likeness (QED) is 0.0161. The monoisotopic (exact) mass is 1040 g/mol. The molecule has 0 aromatic carbocycles. The molecule has 0 aliphatic rings. The number of ether oxygens (including phenoxy) is 1. The third-order valence-corrected chi connectivity index (χ3v) is 14.1. The van der Waals surface area contributed by atoms with Crippen LogP contribution >= 0.6 is 7.82 Å². The van der Waals surface area contributed by atoms with Gasteiger partial charge in [-0.15, -0.1) is 0 Å². The van der Waals surface area contributed by atoms with E-state index in [-0.39, 0.29) is 24.9 Å². The van der Waals surface area contributed by atoms with Gasteiger partial charge >= 0.3 is 5.97 Å². The first-order valence-electron chi connectivity index (χ1n) is 30.3. The minimum absolute atomic E-state index is 0.0273. The number of amides is 1. The first-order valence-corrected chi connectivity index (χ1v) is 31.7. The first-order chi connectivity index (χ1) is 35.4. The number of hydrogen-bond donors (Lipinski definition) is 1. The second-order valence-corrected chi connectivity index (χ2v) is 22.9. The summed E-state index contributed by atoms with van der Waals surface area (Å²) in [5, 5.41) is 3.02. The Kier molecular flexibility index (Phi) is 51.0. The van der Waals surface area contributed by atoms with Gasteiger partial charge in [-0.3, -0.25) is 14.2 Å². The predicted molar refractivity (Wildman–Crippen MR) is 312 cm³/mol. The molecule has 73 heavy (non-hydrogen) atoms. The number of allylic oxidation sites excluding steroid dienone is 11. The number of carbonyl (C=O) groups is 2. The Morgan fingerprint density at radius 1 is 0.507 bits per heavy atom. The fourth-order valence-corrected chi connectivity index (χ4v) is 9.22. The Balaban J connectivity index is 5.21. The number of rotatable bonds is 54. The number of carbonyl (C=O) groups excluding carboxylic acids is 2. The lowest BCUT2D eigenvalue weighted by molar-refractivity contribution is -0.870. The SMILES string of the molecule is CC/C=C/C=C/C=C/CCCCCCCCCC(=O)NC(COP(=O)([O-])OCC[N+](C)(C)C)C(/C=C\CCCCCCCCCCC)OC(=O)CCCCCCCCCCCCC/C=C\C/C=C\CCCCC. The van der Waals surface area contributed by atoms with Crippen LogP contribution in [0.4, 0.5) is 0 Å². The summed E-state index contributed by atoms with van der Waals surface area (Å²) < 4.78 is 30.3. The van der Waals surface area contributed by atoms with Crippen LogP contribution in [0.2, 0.25) is 0 Å². The smallest absolute Gasteiger partial charge is 0.306 e. The lowest BCUT2D eigenvalue weighted by Crippen LogP contribution is -2.47. The second-order valence-electron chi connectivity index (χ2n) is 21.5. The molecule has 424 valence electrons. The van der Waals surface area contributed by atoms with Crippen molar-refractivity contribution < 1.29 is 37.3 Å². The van der Waals surface area contributed by atoms with E-state index in [1.807, 2.05) is 33.3 Å². The highest BCUT2D eigenvalue weighted by atomic mass is 31.2. The van der Waals surface area contributed by atoms with Gasteiger partial charge in [-0.1, -0.05) is 242 Å². The van der Waals surface area contributed by atoms with Crippen LogP contribution < -0.4 is 10.2 Å². The molecule has 3 atom stereocenters. The van der Waals surface area contributed by atoms with Crippen molar-refractivity contribution in [1.82, 2.24) is 5.32 Å². The number of phosphoric acid groups is 1. The number of quaternary nitrogens is 1. The summed E-state index contributed by atoms with van der Waals surface area (Å²) in [6.45, 7) is 6.68. The normalized spacial score (nSPS) is 14.2. The molecule has 0 radical (unpaired) electrons. The summed E-state index contributed by atoms with van der Waals surface area (Å²) in [6.07, 6.45) is 67.2. The number of hydrogen-bond acceptors (Lipinski definition) is 7. The van der Waals surface area contributed by atoms with E-state index in [4.69, 9.17) is 13.8 Å². The van der Waals surface area contributed by atoms with E-state index in [1.165, 1.54) is 148 Å². The van der Waals surface area contributed by atoms with Crippen LogP contribution in [0.15, 0.2) is 72.9 Å². The fraction of sp³-hybridized carbons (Fsp3) is 0.778. The Labute approximate surface area is 451 Å². The molecule has 0 fully saturated rings. The molecule has 0 aromatic heterocycles. The van der Waals surface area contributed by atoms with Crippen molar-refractivity contribution in [3.63, 3.8) is 0 Å². The number of nitrogens with zero attached hydrogens (tertiary/aromatic N) is 1. The molecule has 0 aliphatic carbocycles. The largest absolute Gasteiger partial charge is 0.756 e. The van der Waals surface area contributed by atoms with Crippen LogP contribution in [-0.2, 0) is 27.9 Å². The lowest BCUT2D eigenvalue weighted by atomic mass is 10.0. The summed E-state index contributed by atoms with van der Waals surface area (Å²) in [4.78, 5) is 39.9. The first kappa shape index (κ1) is 70.5. The van der Waals surface area contributed by atoms with Crippen molar-refractivity contribution in [2.45, 2.75) is 277 Å². The molecule has 3 unspecified atom stereocenters. The van der Waals surface area contributed by atoms with Crippen LogP contribution in [0.1, 0.15) is 265 Å². The van der Waals surface area contributed by atoms with Crippen molar-refractivity contribution in [3.05, 3.63) is 72.9 Å². The standard InChI is InChI=1S/C63H115N2O7P/c1-7-10-13-16-19-22-25-27-29-30-31-32-33-34-36-38-41-44-47-50-53-56-63(67)72-61(54-51-48-45-42-39-24-21-18-15-12-9-3)60(59-71-73(68,69)70-58-57-65(4,5)6)64-62(66)55-52-49-46-43-40-37-35-28-26-23-20-17-14-11-8-2/h11,14,17,19-20,22-23,26-27,29,51,54,60-61H,7-10,12-13,15-16,18,21,24-25,28,30-50,52-53,55-59H2,1-6H3,(H-,64,66,68,69)/b14-11+,20-17+,22-19-,26-23+,29-27-,54-51-. The molecular formula is C63H115N2O7P. The van der Waals surface area contributed by atoms with Gasteiger partial charge in [0.2, 0.25) is 5.91 Å². The van der Waals surface area contributed by atoms with Gasteiger partial charge in [0.05, 0.1) is 33.8 Å². The third kappa shape index (κ3) is 54.1. The van der Waals surface area contributed by atoms with Crippen LogP contribution in [0, 0.1) is 0 Å². The highest BCUT2D eigenvalue weighted by molar-refractivity contribution is 7.45. The number of likely N-dealkylation sites (N-methyl/N-ethyl adjacent to an activating group) is 1. The van der Waals surface area contributed by atoms with Gasteiger partial charge in [0, 0.05) is 12.8 Å². The zero-order chi connectivity index (χ0) is 53.6. The molecule has 0 heterocycles. The van der Waals surface area contributed by atoms with Gasteiger partial charge in [-0.05, 0) is 83.1 Å². The third-order valence-electron chi connectivity index (χ3n) is 13.2. The van der Waals surface area contributed by atoms with E-state index in [0.29, 0.717) is 17.4 Å². The highest BCUT2D eigenvalue weighted by Gasteiger charge is 2.27. The molecule has 1 amide bonds. The Bertz CT molecular complexity index is 1480. The van der Waals surface area contributed by atoms with Crippen LogP contribution in [0.25, 0.3) is 0 Å². The maximum atomic E-state index is 13.5. The van der Waals surface area contributed by atoms with Crippen molar-refractivity contribution in [1.29, 1.82) is 0 Å². The molecule has 0 saturated heterocycles. The van der Waals surface area contributed by atoms with Crippen LogP contribution in [0.3, 0.4) is 0 Å². The molecule has 0 aromatic rings. The van der Waals surface area contributed by atoms with Crippen LogP contribution in [-0.4, -0.2) is 69.4 Å². The number of nitrogens with one attached hydrogen (secondary N) is 1. The van der Waals surface area contributed by atoms with Gasteiger partial charge in [0.1, 0.15) is 19.3 Å². The van der Waals surface area contributed by atoms with Gasteiger partial charge in [0.15, 0.2) is 0 Å². The van der Waals surface area contributed by atoms with Gasteiger partial charge in [-0.2, -0.15) is 0 Å². The molecular weight excluding hydrogens is 928 g/mol. The summed E-state index contributed by atoms with van der Waals surface area (Å²) in [7, 11) is 1.17. The maximum absolute atomic E-state index is 13.5. The Hall–Kier alpha value is -2.55. The van der Waals surface area contributed by atoms with E-state index in [0.717, 1.165) is 83.5 Å². The lowest BCUT2D eigenvalue weighted by Gasteiger charge is -2.30. The molecule has 0 rings (SSSR count). The van der Waals surface area contributed by atoms with Gasteiger partial charge in [-0.25, -0.2) is 0 Å². The Morgan fingerprint density at radius 2 is 0.932 bits per heavy atom. The zero-order valence-corrected chi connectivity index (χ0v) is 49.2.